The van der Waals surface area contributed by atoms with Gasteiger partial charge < -0.3 is 29.9 Å². The molecule has 10 nitrogen and oxygen atoms in total. The van der Waals surface area contributed by atoms with Crippen molar-refractivity contribution in [2.24, 2.45) is 0 Å². The maximum atomic E-state index is 13.0. The van der Waals surface area contributed by atoms with E-state index in [1.807, 2.05) is 24.3 Å². The summed E-state index contributed by atoms with van der Waals surface area (Å²) >= 11 is 1.48. The highest BCUT2D eigenvalue weighted by atomic mass is 32.1. The molecular formula is C24H31N5O5S. The summed E-state index contributed by atoms with van der Waals surface area (Å²) in [5.41, 5.74) is 2.14. The van der Waals surface area contributed by atoms with Crippen molar-refractivity contribution >= 4 is 40.6 Å². The zero-order chi connectivity index (χ0) is 24.6. The highest BCUT2D eigenvalue weighted by molar-refractivity contribution is 7.10. The average Bonchev–Trinajstić information content (AvgIpc) is 3.39. The topological polar surface area (TPSA) is 113 Å². The molecular weight excluding hydrogens is 470 g/mol. The number of piperidine rings is 1. The number of esters is 1. The van der Waals surface area contributed by atoms with E-state index in [1.54, 1.807) is 17.2 Å². The second kappa shape index (κ2) is 12.0. The first-order chi connectivity index (χ1) is 17.0. The molecule has 3 amide bonds. The van der Waals surface area contributed by atoms with Crippen molar-refractivity contribution in [2.75, 3.05) is 62.8 Å². The zero-order valence-electron chi connectivity index (χ0n) is 19.8. The molecule has 2 aromatic rings. The van der Waals surface area contributed by atoms with E-state index in [-0.39, 0.29) is 31.0 Å². The lowest BCUT2D eigenvalue weighted by molar-refractivity contribution is -0.141. The van der Waals surface area contributed by atoms with E-state index in [2.05, 4.69) is 20.5 Å². The van der Waals surface area contributed by atoms with Gasteiger partial charge in [0, 0.05) is 37.5 Å². The number of rotatable bonds is 7. The number of carbonyl (C=O) groups excluding carboxylic acids is 3. The maximum absolute atomic E-state index is 13.0. The molecule has 4 rings (SSSR count). The number of benzene rings is 1. The molecule has 3 heterocycles. The van der Waals surface area contributed by atoms with Crippen LogP contribution in [0.1, 0.15) is 41.2 Å². The second-order valence-corrected chi connectivity index (χ2v) is 9.26. The molecule has 188 valence electrons. The lowest BCUT2D eigenvalue weighted by atomic mass is 9.98. The summed E-state index contributed by atoms with van der Waals surface area (Å²) in [6.07, 6.45) is 1.50. The quantitative estimate of drug-likeness (QED) is 0.561. The molecule has 11 heteroatoms. The molecule has 1 aromatic carbocycles. The number of morpholine rings is 1. The third kappa shape index (κ3) is 6.49. The first-order valence-electron chi connectivity index (χ1n) is 11.9. The molecule has 0 spiro atoms. The van der Waals surface area contributed by atoms with Gasteiger partial charge in [-0.15, -0.1) is 11.3 Å². The van der Waals surface area contributed by atoms with Crippen molar-refractivity contribution in [2.45, 2.75) is 25.7 Å². The van der Waals surface area contributed by atoms with E-state index in [0.29, 0.717) is 32.0 Å². The Bertz CT molecular complexity index is 1030. The van der Waals surface area contributed by atoms with Gasteiger partial charge >= 0.3 is 12.0 Å². The minimum Gasteiger partial charge on any atom is -0.465 e. The van der Waals surface area contributed by atoms with Gasteiger partial charge in [0.15, 0.2) is 0 Å². The summed E-state index contributed by atoms with van der Waals surface area (Å²) in [6.45, 7) is 5.91. The minimum absolute atomic E-state index is 0.133. The Balaban J connectivity index is 1.30. The molecule has 0 unspecified atom stereocenters. The molecule has 1 aromatic heterocycles. The molecule has 0 aliphatic carbocycles. The van der Waals surface area contributed by atoms with Gasteiger partial charge in [0.25, 0.3) is 5.91 Å². The van der Waals surface area contributed by atoms with Crippen LogP contribution in [0.5, 0.6) is 0 Å². The zero-order valence-corrected chi connectivity index (χ0v) is 20.6. The SMILES string of the molecule is CCOC(=O)CNC(=O)N1CCC(c2nc(C(=O)Nc3ccccc3N3CCOCC3)cs2)CC1. The van der Waals surface area contributed by atoms with E-state index in [1.165, 1.54) is 11.3 Å². The summed E-state index contributed by atoms with van der Waals surface area (Å²) in [5.74, 6) is -0.489. The number of amides is 3. The van der Waals surface area contributed by atoms with Crippen LogP contribution in [0, 0.1) is 0 Å². The van der Waals surface area contributed by atoms with Crippen LogP contribution in [0.3, 0.4) is 0 Å². The minimum atomic E-state index is -0.447. The number of anilines is 2. The number of urea groups is 1. The van der Waals surface area contributed by atoms with Crippen LogP contribution >= 0.6 is 11.3 Å². The third-order valence-electron chi connectivity index (χ3n) is 6.08. The number of nitrogens with one attached hydrogen (secondary N) is 2. The number of nitrogens with zero attached hydrogens (tertiary/aromatic N) is 3. The fourth-order valence-corrected chi connectivity index (χ4v) is 5.20. The van der Waals surface area contributed by atoms with Crippen LogP contribution in [0.4, 0.5) is 16.2 Å². The van der Waals surface area contributed by atoms with Crippen molar-refractivity contribution in [3.8, 4) is 0 Å². The molecule has 2 aliphatic heterocycles. The van der Waals surface area contributed by atoms with Gasteiger partial charge in [0.2, 0.25) is 0 Å². The Morgan fingerprint density at radius 1 is 1.14 bits per heavy atom. The van der Waals surface area contributed by atoms with E-state index in [0.717, 1.165) is 42.3 Å². The molecule has 35 heavy (non-hydrogen) atoms. The molecule has 0 atom stereocenters. The molecule has 0 saturated carbocycles. The van der Waals surface area contributed by atoms with Gasteiger partial charge in [0.05, 0.1) is 36.2 Å². The average molecular weight is 502 g/mol. The number of para-hydroxylation sites is 2. The number of hydrogen-bond acceptors (Lipinski definition) is 8. The molecule has 2 saturated heterocycles. The first kappa shape index (κ1) is 24.9. The van der Waals surface area contributed by atoms with Gasteiger partial charge in [-0.1, -0.05) is 12.1 Å². The lowest BCUT2D eigenvalue weighted by Crippen LogP contribution is -2.45. The molecule has 2 N–H and O–H groups in total. The first-order valence-corrected chi connectivity index (χ1v) is 12.8. The number of hydrogen-bond donors (Lipinski definition) is 2. The summed E-state index contributed by atoms with van der Waals surface area (Å²) < 4.78 is 10.3. The van der Waals surface area contributed by atoms with E-state index in [4.69, 9.17) is 9.47 Å². The van der Waals surface area contributed by atoms with E-state index in [9.17, 15) is 14.4 Å². The Hall–Kier alpha value is -3.18. The van der Waals surface area contributed by atoms with Crippen LogP contribution in [-0.4, -0.2) is 80.3 Å². The Kier molecular flexibility index (Phi) is 8.54. The van der Waals surface area contributed by atoms with Gasteiger partial charge in [-0.3, -0.25) is 9.59 Å². The molecule has 2 aliphatic rings. The van der Waals surface area contributed by atoms with E-state index < -0.39 is 5.97 Å². The van der Waals surface area contributed by atoms with Gasteiger partial charge in [-0.05, 0) is 31.9 Å². The van der Waals surface area contributed by atoms with Crippen LogP contribution < -0.4 is 15.5 Å². The molecule has 2 fully saturated rings. The monoisotopic (exact) mass is 501 g/mol. The smallest absolute Gasteiger partial charge is 0.325 e. The lowest BCUT2D eigenvalue weighted by Gasteiger charge is -2.31. The predicted octanol–water partition coefficient (Wildman–Crippen LogP) is 2.68. The Morgan fingerprint density at radius 2 is 1.89 bits per heavy atom. The Labute approximate surface area is 208 Å². The molecule has 0 radical (unpaired) electrons. The van der Waals surface area contributed by atoms with Crippen LogP contribution in [0.15, 0.2) is 29.6 Å². The molecule has 0 bridgehead atoms. The van der Waals surface area contributed by atoms with Crippen LogP contribution in [-0.2, 0) is 14.3 Å². The highest BCUT2D eigenvalue weighted by Gasteiger charge is 2.27. The fourth-order valence-electron chi connectivity index (χ4n) is 4.23. The second-order valence-electron chi connectivity index (χ2n) is 8.37. The number of carbonyl (C=O) groups is 3. The van der Waals surface area contributed by atoms with E-state index >= 15 is 0 Å². The number of thiazole rings is 1. The van der Waals surface area contributed by atoms with Crippen molar-refractivity contribution in [3.05, 3.63) is 40.3 Å². The summed E-state index contributed by atoms with van der Waals surface area (Å²) in [5, 5.41) is 8.31. The van der Waals surface area contributed by atoms with Gasteiger partial charge in [0.1, 0.15) is 12.2 Å². The van der Waals surface area contributed by atoms with Gasteiger partial charge in [-0.2, -0.15) is 0 Å². The highest BCUT2D eigenvalue weighted by Crippen LogP contribution is 2.31. The van der Waals surface area contributed by atoms with Crippen molar-refractivity contribution < 1.29 is 23.9 Å². The van der Waals surface area contributed by atoms with Gasteiger partial charge in [-0.25, -0.2) is 9.78 Å². The summed E-state index contributed by atoms with van der Waals surface area (Å²) in [4.78, 5) is 45.2. The predicted molar refractivity (Wildman–Crippen MR) is 133 cm³/mol. The number of aromatic nitrogens is 1. The number of ether oxygens (including phenoxy) is 2. The van der Waals surface area contributed by atoms with Crippen molar-refractivity contribution in [3.63, 3.8) is 0 Å². The van der Waals surface area contributed by atoms with Crippen molar-refractivity contribution in [1.82, 2.24) is 15.2 Å². The summed E-state index contributed by atoms with van der Waals surface area (Å²) in [6, 6.07) is 7.51. The number of likely N-dealkylation sites (tertiary alicyclic amines) is 1. The Morgan fingerprint density at radius 3 is 2.63 bits per heavy atom. The summed E-state index contributed by atoms with van der Waals surface area (Å²) in [7, 11) is 0. The third-order valence-corrected chi connectivity index (χ3v) is 7.09. The normalized spacial score (nSPS) is 16.6. The van der Waals surface area contributed by atoms with Crippen molar-refractivity contribution in [1.29, 1.82) is 0 Å². The maximum Gasteiger partial charge on any atom is 0.325 e. The fraction of sp³-hybridized carbons (Fsp3) is 0.500. The van der Waals surface area contributed by atoms with Crippen LogP contribution in [0.25, 0.3) is 0 Å². The largest absolute Gasteiger partial charge is 0.465 e. The standard InChI is InChI=1S/C24H31N5O5S/c1-2-34-21(30)15-25-24(32)29-9-7-17(8-10-29)23-27-19(16-35-23)22(31)26-18-5-3-4-6-20(18)28-11-13-33-14-12-28/h3-6,16-17H,2,7-15H2,1H3,(H,25,32)(H,26,31). The van der Waals surface area contributed by atoms with Crippen LogP contribution in [0.2, 0.25) is 0 Å².